The summed E-state index contributed by atoms with van der Waals surface area (Å²) in [7, 11) is 0. The lowest BCUT2D eigenvalue weighted by Crippen LogP contribution is -2.44. The summed E-state index contributed by atoms with van der Waals surface area (Å²) in [6, 6.07) is 2.14. The third-order valence-electron chi connectivity index (χ3n) is 2.97. The molecule has 0 saturated carbocycles. The molecule has 0 radical (unpaired) electrons. The molecule has 0 atom stereocenters. The summed E-state index contributed by atoms with van der Waals surface area (Å²) in [5.74, 6) is 0.944. The molecule has 0 aliphatic carbocycles. The second kappa shape index (κ2) is 4.66. The van der Waals surface area contributed by atoms with E-state index in [1.807, 2.05) is 18.5 Å². The highest BCUT2D eigenvalue weighted by Crippen LogP contribution is 2.22. The maximum atomic E-state index is 12.0. The Balaban J connectivity index is 2.08. The molecule has 94 valence electrons. The lowest BCUT2D eigenvalue weighted by atomic mass is 9.95. The SMILES string of the molecule is CC(C)(CCl)C(=O)Nc1ccnn1C1CNC1. The number of carbonyl (C=O) groups excluding carboxylic acids is 1. The van der Waals surface area contributed by atoms with Crippen LogP contribution in [-0.4, -0.2) is 34.7 Å². The highest BCUT2D eigenvalue weighted by molar-refractivity contribution is 6.20. The largest absolute Gasteiger partial charge is 0.312 e. The highest BCUT2D eigenvalue weighted by atomic mass is 35.5. The number of amides is 1. The minimum absolute atomic E-state index is 0.0819. The first-order valence-corrected chi connectivity index (χ1v) is 6.20. The third kappa shape index (κ3) is 2.45. The molecule has 2 heterocycles. The van der Waals surface area contributed by atoms with E-state index in [0.29, 0.717) is 6.04 Å². The van der Waals surface area contributed by atoms with Crippen molar-refractivity contribution in [1.29, 1.82) is 0 Å². The molecular weight excluding hydrogens is 240 g/mol. The van der Waals surface area contributed by atoms with E-state index < -0.39 is 5.41 Å². The quantitative estimate of drug-likeness (QED) is 0.797. The molecule has 1 aliphatic rings. The number of carbonyl (C=O) groups is 1. The predicted octanol–water partition coefficient (Wildman–Crippen LogP) is 1.23. The van der Waals surface area contributed by atoms with E-state index in [0.717, 1.165) is 18.9 Å². The number of alkyl halides is 1. The Morgan fingerprint density at radius 1 is 1.71 bits per heavy atom. The van der Waals surface area contributed by atoms with E-state index in [9.17, 15) is 4.79 Å². The Bertz CT molecular complexity index is 411. The molecule has 0 bridgehead atoms. The number of nitrogens with one attached hydrogen (secondary N) is 2. The molecular formula is C11H17ClN4O. The van der Waals surface area contributed by atoms with Gasteiger partial charge in [-0.05, 0) is 13.8 Å². The number of halogens is 1. The molecule has 5 nitrogen and oxygen atoms in total. The van der Waals surface area contributed by atoms with Crippen molar-refractivity contribution in [3.05, 3.63) is 12.3 Å². The summed E-state index contributed by atoms with van der Waals surface area (Å²) >= 11 is 5.78. The molecule has 1 amide bonds. The van der Waals surface area contributed by atoms with Crippen LogP contribution in [0.25, 0.3) is 0 Å². The van der Waals surface area contributed by atoms with Gasteiger partial charge in [-0.25, -0.2) is 4.68 Å². The molecule has 0 aromatic carbocycles. The van der Waals surface area contributed by atoms with Crippen LogP contribution in [0.4, 0.5) is 5.82 Å². The van der Waals surface area contributed by atoms with Crippen molar-refractivity contribution < 1.29 is 4.79 Å². The number of rotatable bonds is 4. The van der Waals surface area contributed by atoms with Gasteiger partial charge in [-0.1, -0.05) is 0 Å². The van der Waals surface area contributed by atoms with Crippen molar-refractivity contribution in [3.8, 4) is 0 Å². The minimum Gasteiger partial charge on any atom is -0.312 e. The summed E-state index contributed by atoms with van der Waals surface area (Å²) < 4.78 is 1.85. The Hall–Kier alpha value is -1.07. The zero-order chi connectivity index (χ0) is 12.5. The van der Waals surface area contributed by atoms with Gasteiger partial charge >= 0.3 is 0 Å². The number of hydrogen-bond donors (Lipinski definition) is 2. The fourth-order valence-corrected chi connectivity index (χ4v) is 1.62. The van der Waals surface area contributed by atoms with Crippen LogP contribution in [0.3, 0.4) is 0 Å². The molecule has 1 saturated heterocycles. The minimum atomic E-state index is -0.575. The van der Waals surface area contributed by atoms with Gasteiger partial charge in [-0.3, -0.25) is 4.79 Å². The van der Waals surface area contributed by atoms with E-state index >= 15 is 0 Å². The van der Waals surface area contributed by atoms with Gasteiger partial charge in [0.2, 0.25) is 5.91 Å². The second-order valence-electron chi connectivity index (χ2n) is 4.94. The van der Waals surface area contributed by atoms with Crippen molar-refractivity contribution >= 4 is 23.3 Å². The highest BCUT2D eigenvalue weighted by Gasteiger charge is 2.28. The average Bonchev–Trinajstić information content (AvgIpc) is 2.64. The molecule has 0 spiro atoms. The van der Waals surface area contributed by atoms with E-state index in [4.69, 9.17) is 11.6 Å². The summed E-state index contributed by atoms with van der Waals surface area (Å²) in [6.07, 6.45) is 1.70. The van der Waals surface area contributed by atoms with Gasteiger partial charge in [0.05, 0.1) is 17.7 Å². The fourth-order valence-electron chi connectivity index (χ4n) is 1.50. The van der Waals surface area contributed by atoms with Gasteiger partial charge < -0.3 is 10.6 Å². The summed E-state index contributed by atoms with van der Waals surface area (Å²) in [5, 5.41) is 10.3. The van der Waals surface area contributed by atoms with Crippen LogP contribution in [0, 0.1) is 5.41 Å². The lowest BCUT2D eigenvalue weighted by molar-refractivity contribution is -0.123. The number of nitrogens with zero attached hydrogens (tertiary/aromatic N) is 2. The Morgan fingerprint density at radius 3 is 2.94 bits per heavy atom. The zero-order valence-corrected chi connectivity index (χ0v) is 10.8. The fraction of sp³-hybridized carbons (Fsp3) is 0.636. The Kier molecular flexibility index (Phi) is 3.40. The predicted molar refractivity (Wildman–Crippen MR) is 67.3 cm³/mol. The number of aromatic nitrogens is 2. The van der Waals surface area contributed by atoms with Gasteiger partial charge in [0.25, 0.3) is 0 Å². The molecule has 1 fully saturated rings. The maximum absolute atomic E-state index is 12.0. The van der Waals surface area contributed by atoms with Crippen LogP contribution < -0.4 is 10.6 Å². The van der Waals surface area contributed by atoms with Crippen LogP contribution >= 0.6 is 11.6 Å². The topological polar surface area (TPSA) is 59.0 Å². The standard InChI is InChI=1S/C11H17ClN4O/c1-11(2,7-12)10(17)15-9-3-4-14-16(9)8-5-13-6-8/h3-4,8,13H,5-7H2,1-2H3,(H,15,17). The van der Waals surface area contributed by atoms with Gasteiger partial charge in [0, 0.05) is 25.0 Å². The molecule has 1 aromatic heterocycles. The van der Waals surface area contributed by atoms with Crippen molar-refractivity contribution in [2.75, 3.05) is 24.3 Å². The van der Waals surface area contributed by atoms with Crippen molar-refractivity contribution in [2.45, 2.75) is 19.9 Å². The van der Waals surface area contributed by atoms with Crippen LogP contribution in [0.5, 0.6) is 0 Å². The van der Waals surface area contributed by atoms with E-state index in [1.54, 1.807) is 12.3 Å². The smallest absolute Gasteiger partial charge is 0.232 e. The molecule has 2 rings (SSSR count). The normalized spacial score (nSPS) is 16.6. The molecule has 1 aromatic rings. The molecule has 6 heteroatoms. The summed E-state index contributed by atoms with van der Waals surface area (Å²) in [6.45, 7) is 5.43. The summed E-state index contributed by atoms with van der Waals surface area (Å²) in [4.78, 5) is 12.0. The Morgan fingerprint density at radius 2 is 2.41 bits per heavy atom. The van der Waals surface area contributed by atoms with Crippen molar-refractivity contribution in [1.82, 2.24) is 15.1 Å². The zero-order valence-electron chi connectivity index (χ0n) is 10.0. The average molecular weight is 257 g/mol. The van der Waals surface area contributed by atoms with Gasteiger partial charge in [0.15, 0.2) is 0 Å². The number of anilines is 1. The number of hydrogen-bond acceptors (Lipinski definition) is 3. The molecule has 17 heavy (non-hydrogen) atoms. The van der Waals surface area contributed by atoms with Crippen LogP contribution in [0.15, 0.2) is 12.3 Å². The van der Waals surface area contributed by atoms with Crippen molar-refractivity contribution in [3.63, 3.8) is 0 Å². The summed E-state index contributed by atoms with van der Waals surface area (Å²) in [5.41, 5.74) is -0.575. The first-order chi connectivity index (χ1) is 8.04. The Labute approximate surface area is 106 Å². The van der Waals surface area contributed by atoms with Crippen LogP contribution in [0.2, 0.25) is 0 Å². The van der Waals surface area contributed by atoms with Crippen LogP contribution in [0.1, 0.15) is 19.9 Å². The molecule has 2 N–H and O–H groups in total. The van der Waals surface area contributed by atoms with E-state index in [-0.39, 0.29) is 11.8 Å². The van der Waals surface area contributed by atoms with E-state index in [1.165, 1.54) is 0 Å². The van der Waals surface area contributed by atoms with Gasteiger partial charge in [-0.15, -0.1) is 11.6 Å². The van der Waals surface area contributed by atoms with Crippen molar-refractivity contribution in [2.24, 2.45) is 5.41 Å². The molecule has 0 unspecified atom stereocenters. The maximum Gasteiger partial charge on any atom is 0.232 e. The van der Waals surface area contributed by atoms with Gasteiger partial charge in [-0.2, -0.15) is 5.10 Å². The molecule has 1 aliphatic heterocycles. The second-order valence-corrected chi connectivity index (χ2v) is 5.21. The third-order valence-corrected chi connectivity index (χ3v) is 3.63. The van der Waals surface area contributed by atoms with Crippen LogP contribution in [-0.2, 0) is 4.79 Å². The first-order valence-electron chi connectivity index (χ1n) is 5.66. The lowest BCUT2D eigenvalue weighted by Gasteiger charge is -2.29. The first kappa shape index (κ1) is 12.4. The van der Waals surface area contributed by atoms with Gasteiger partial charge in [0.1, 0.15) is 5.82 Å². The van der Waals surface area contributed by atoms with E-state index in [2.05, 4.69) is 15.7 Å². The monoisotopic (exact) mass is 256 g/mol.